The molecule has 9 nitrogen and oxygen atoms in total. The van der Waals surface area contributed by atoms with Gasteiger partial charge in [0, 0.05) is 11.9 Å². The Morgan fingerprint density at radius 3 is 2.69 bits per heavy atom. The molecule has 0 saturated heterocycles. The molecule has 184 valence electrons. The van der Waals surface area contributed by atoms with E-state index in [0.29, 0.717) is 17.9 Å². The van der Waals surface area contributed by atoms with E-state index in [-0.39, 0.29) is 22.8 Å². The number of halogens is 2. The van der Waals surface area contributed by atoms with E-state index in [2.05, 4.69) is 36.9 Å². The number of nitrogens with zero attached hydrogens (tertiary/aromatic N) is 5. The van der Waals surface area contributed by atoms with E-state index < -0.39 is 27.3 Å². The highest BCUT2D eigenvalue weighted by Crippen LogP contribution is 2.32. The van der Waals surface area contributed by atoms with Crippen molar-refractivity contribution in [1.29, 1.82) is 0 Å². The molecule has 0 bridgehead atoms. The predicted molar refractivity (Wildman–Crippen MR) is 132 cm³/mol. The molecule has 0 unspecified atom stereocenters. The quantitative estimate of drug-likeness (QED) is 0.443. The number of hydrogen-bond donors (Lipinski definition) is 2. The van der Waals surface area contributed by atoms with E-state index in [9.17, 15) is 12.8 Å². The molecule has 3 heterocycles. The highest BCUT2D eigenvalue weighted by molar-refractivity contribution is 7.92. The van der Waals surface area contributed by atoms with Crippen LogP contribution in [0.15, 0.2) is 48.2 Å². The molecule has 0 aliphatic carbocycles. The molecule has 1 aliphatic heterocycles. The lowest BCUT2D eigenvalue weighted by molar-refractivity contribution is 0.588. The predicted octanol–water partition coefficient (Wildman–Crippen LogP) is 5.00. The van der Waals surface area contributed by atoms with Gasteiger partial charge in [0.15, 0.2) is 11.6 Å². The van der Waals surface area contributed by atoms with E-state index in [4.69, 9.17) is 0 Å². The maximum atomic E-state index is 15.2. The summed E-state index contributed by atoms with van der Waals surface area (Å²) in [5.74, 6) is -1.81. The summed E-state index contributed by atoms with van der Waals surface area (Å²) in [6, 6.07) is 2.00. The molecule has 12 heteroatoms. The summed E-state index contributed by atoms with van der Waals surface area (Å²) in [6.07, 6.45) is 8.69. The van der Waals surface area contributed by atoms with Crippen LogP contribution in [0.4, 0.5) is 31.9 Å². The Morgan fingerprint density at radius 1 is 1.14 bits per heavy atom. The van der Waals surface area contributed by atoms with Gasteiger partial charge in [-0.25, -0.2) is 37.1 Å². The average Bonchev–Trinajstić information content (AvgIpc) is 2.83. The third kappa shape index (κ3) is 5.06. The summed E-state index contributed by atoms with van der Waals surface area (Å²) in [4.78, 5) is 19.1. The van der Waals surface area contributed by atoms with Crippen LogP contribution in [-0.2, 0) is 10.0 Å². The molecule has 35 heavy (non-hydrogen) atoms. The van der Waals surface area contributed by atoms with Crippen LogP contribution in [0.25, 0.3) is 11.0 Å². The minimum Gasteiger partial charge on any atom is -0.333 e. The van der Waals surface area contributed by atoms with Crippen molar-refractivity contribution < 1.29 is 17.2 Å². The van der Waals surface area contributed by atoms with Crippen LogP contribution < -0.4 is 14.9 Å². The normalized spacial score (nSPS) is 14.0. The van der Waals surface area contributed by atoms with Crippen molar-refractivity contribution in [2.45, 2.75) is 40.0 Å². The molecule has 0 amide bonds. The highest BCUT2D eigenvalue weighted by Gasteiger charge is 2.21. The van der Waals surface area contributed by atoms with Gasteiger partial charge in [-0.3, -0.25) is 9.62 Å². The van der Waals surface area contributed by atoms with Crippen molar-refractivity contribution in [2.75, 3.05) is 20.7 Å². The zero-order chi connectivity index (χ0) is 25.2. The van der Waals surface area contributed by atoms with E-state index in [1.807, 2.05) is 24.1 Å². The number of anilines is 4. The van der Waals surface area contributed by atoms with Crippen molar-refractivity contribution in [1.82, 2.24) is 19.9 Å². The van der Waals surface area contributed by atoms with Crippen molar-refractivity contribution in [3.63, 3.8) is 0 Å². The molecule has 4 rings (SSSR count). The second-order valence-corrected chi connectivity index (χ2v) is 9.80. The minimum absolute atomic E-state index is 0.0448. The van der Waals surface area contributed by atoms with E-state index in [1.165, 1.54) is 18.1 Å². The van der Waals surface area contributed by atoms with Gasteiger partial charge in [-0.15, -0.1) is 0 Å². The second kappa shape index (κ2) is 9.90. The molecule has 0 saturated carbocycles. The van der Waals surface area contributed by atoms with Crippen LogP contribution in [0.5, 0.6) is 0 Å². The van der Waals surface area contributed by atoms with Gasteiger partial charge in [0.05, 0.1) is 17.6 Å². The monoisotopic (exact) mass is 501 g/mol. The molecule has 0 atom stereocenters. The van der Waals surface area contributed by atoms with Crippen molar-refractivity contribution in [3.05, 3.63) is 59.8 Å². The molecule has 2 aromatic heterocycles. The van der Waals surface area contributed by atoms with Crippen molar-refractivity contribution in [3.8, 4) is 0 Å². The number of nitrogens with one attached hydrogen (secondary N) is 2. The Balaban J connectivity index is 1.74. The largest absolute Gasteiger partial charge is 0.333 e. The first-order chi connectivity index (χ1) is 16.7. The maximum Gasteiger partial charge on any atom is 0.234 e. The zero-order valence-electron chi connectivity index (χ0n) is 19.5. The van der Waals surface area contributed by atoms with Crippen LogP contribution in [0.1, 0.15) is 40.0 Å². The van der Waals surface area contributed by atoms with E-state index in [0.717, 1.165) is 30.7 Å². The van der Waals surface area contributed by atoms with Crippen molar-refractivity contribution in [2.24, 2.45) is 0 Å². The smallest absolute Gasteiger partial charge is 0.234 e. The Bertz CT molecular complexity index is 1440. The van der Waals surface area contributed by atoms with Gasteiger partial charge in [-0.05, 0) is 43.9 Å². The fourth-order valence-electron chi connectivity index (χ4n) is 3.75. The first-order valence-electron chi connectivity index (χ1n) is 11.1. The van der Waals surface area contributed by atoms with Crippen LogP contribution in [0.3, 0.4) is 0 Å². The van der Waals surface area contributed by atoms with Gasteiger partial charge in [0.25, 0.3) is 0 Å². The van der Waals surface area contributed by atoms with Crippen LogP contribution >= 0.6 is 0 Å². The molecule has 2 N–H and O–H groups in total. The number of aromatic nitrogens is 4. The van der Waals surface area contributed by atoms with Crippen LogP contribution in [0.2, 0.25) is 0 Å². The lowest BCUT2D eigenvalue weighted by Crippen LogP contribution is -2.20. The van der Waals surface area contributed by atoms with Gasteiger partial charge < -0.3 is 5.32 Å². The summed E-state index contributed by atoms with van der Waals surface area (Å²) >= 11 is 0. The molecular formula is C23H25F2N7O2S. The number of hydrogen-bond acceptors (Lipinski definition) is 8. The minimum atomic E-state index is -3.78. The number of allylic oxidation sites excluding steroid dienone is 3. The van der Waals surface area contributed by atoms with Gasteiger partial charge in [0.2, 0.25) is 16.0 Å². The Hall–Kier alpha value is -3.67. The summed E-state index contributed by atoms with van der Waals surface area (Å²) in [7, 11) is -3.78. The van der Waals surface area contributed by atoms with Crippen LogP contribution in [-0.4, -0.2) is 34.1 Å². The van der Waals surface area contributed by atoms with Gasteiger partial charge >= 0.3 is 0 Å². The molecular weight excluding hydrogens is 476 g/mol. The number of benzene rings is 1. The number of rotatable bonds is 8. The van der Waals surface area contributed by atoms with E-state index in [1.54, 1.807) is 6.92 Å². The van der Waals surface area contributed by atoms with Gasteiger partial charge in [0.1, 0.15) is 28.9 Å². The van der Waals surface area contributed by atoms with Gasteiger partial charge in [-0.2, -0.15) is 0 Å². The van der Waals surface area contributed by atoms with Crippen LogP contribution in [0, 0.1) is 11.6 Å². The lowest BCUT2D eigenvalue weighted by Gasteiger charge is -2.25. The zero-order valence-corrected chi connectivity index (χ0v) is 20.3. The Kier molecular flexibility index (Phi) is 6.92. The standard InChI is InChI=1S/C23H25F2N7O2S/c1-4-11-35(33,34)31-17-9-8-16(24)20(19(17)25)29-22-21-18(27-13-28-22)12-26-23(30-21)32-10-6-7-15(5-2)14(32)3/h6,8-10,12-13,31H,4-5,7,11H2,1-3H3,(H,27,28,29). The molecule has 0 fully saturated rings. The molecule has 0 radical (unpaired) electrons. The molecule has 3 aromatic rings. The third-order valence-corrected chi connectivity index (χ3v) is 7.05. The van der Waals surface area contributed by atoms with E-state index >= 15 is 4.39 Å². The fraction of sp³-hybridized carbons (Fsp3) is 0.304. The highest BCUT2D eigenvalue weighted by atomic mass is 32.2. The summed E-state index contributed by atoms with van der Waals surface area (Å²) in [5, 5.41) is 2.63. The first kappa shape index (κ1) is 24.5. The molecule has 1 aliphatic rings. The molecule has 0 spiro atoms. The average molecular weight is 502 g/mol. The Morgan fingerprint density at radius 2 is 1.94 bits per heavy atom. The topological polar surface area (TPSA) is 113 Å². The summed E-state index contributed by atoms with van der Waals surface area (Å²) < 4.78 is 56.1. The lowest BCUT2D eigenvalue weighted by atomic mass is 10.0. The number of sulfonamides is 1. The SMILES string of the molecule is CCCS(=O)(=O)Nc1ccc(F)c(Nc2ncnc3cnc(N4C=CCC(CC)=C4C)nc23)c1F. The fourth-order valence-corrected chi connectivity index (χ4v) is 4.88. The summed E-state index contributed by atoms with van der Waals surface area (Å²) in [6.45, 7) is 5.74. The first-order valence-corrected chi connectivity index (χ1v) is 12.8. The number of fused-ring (bicyclic) bond motifs is 1. The third-order valence-electron chi connectivity index (χ3n) is 5.57. The molecule has 1 aromatic carbocycles. The maximum absolute atomic E-state index is 15.2. The summed E-state index contributed by atoms with van der Waals surface area (Å²) in [5.41, 5.74) is 1.92. The van der Waals surface area contributed by atoms with Gasteiger partial charge in [-0.1, -0.05) is 19.9 Å². The second-order valence-electron chi connectivity index (χ2n) is 7.96. The Labute approximate surface area is 202 Å². The van der Waals surface area contributed by atoms with Crippen molar-refractivity contribution >= 4 is 44.2 Å².